The van der Waals surface area contributed by atoms with Crippen LogP contribution in [0.1, 0.15) is 54.4 Å². The van der Waals surface area contributed by atoms with Crippen LogP contribution in [-0.2, 0) is 34.6 Å². The largest absolute Gasteiger partial charge is 0.396 e. The molecule has 5 aromatic rings. The van der Waals surface area contributed by atoms with Gasteiger partial charge in [0.25, 0.3) is 11.8 Å². The molecule has 0 radical (unpaired) electrons. The number of aliphatic hydroxyl groups is 1. The number of rotatable bonds is 9. The second-order valence-electron chi connectivity index (χ2n) is 13.9. The third-order valence-corrected chi connectivity index (χ3v) is 10.5. The number of nitrogens with zero attached hydrogens (tertiary/aromatic N) is 5. The molecule has 1 aromatic heterocycles. The van der Waals surface area contributed by atoms with E-state index in [-0.39, 0.29) is 18.4 Å². The van der Waals surface area contributed by atoms with Crippen LogP contribution in [0, 0.1) is 11.8 Å². The summed E-state index contributed by atoms with van der Waals surface area (Å²) in [6, 6.07) is 27.1. The first-order valence-corrected chi connectivity index (χ1v) is 16.8. The lowest BCUT2D eigenvalue weighted by molar-refractivity contribution is -0.146. The fraction of sp³-hybridized carbons (Fsp3) is 0.333. The topological polar surface area (TPSA) is 101 Å². The minimum atomic E-state index is -1.68. The quantitative estimate of drug-likeness (QED) is 0.194. The molecule has 0 aliphatic carbocycles. The zero-order valence-corrected chi connectivity index (χ0v) is 27.7. The van der Waals surface area contributed by atoms with Crippen LogP contribution in [0.25, 0.3) is 10.8 Å². The normalized spacial score (nSPS) is 23.0. The zero-order chi connectivity index (χ0) is 34.1. The van der Waals surface area contributed by atoms with E-state index in [0.717, 1.165) is 22.0 Å². The van der Waals surface area contributed by atoms with Crippen LogP contribution in [0.2, 0.25) is 0 Å². The van der Waals surface area contributed by atoms with Gasteiger partial charge in [0, 0.05) is 54.2 Å². The molecule has 3 aliphatic heterocycles. The van der Waals surface area contributed by atoms with Crippen LogP contribution in [0.15, 0.2) is 91.1 Å². The molecule has 10 heteroatoms. The Bertz CT molecular complexity index is 2090. The summed E-state index contributed by atoms with van der Waals surface area (Å²) in [5, 5.41) is 19.5. The van der Waals surface area contributed by atoms with Crippen LogP contribution in [-0.4, -0.2) is 50.3 Å². The molecule has 0 unspecified atom stereocenters. The molecule has 1 N–H and O–H groups in total. The molecular weight excluding hydrogens is 621 g/mol. The third-order valence-electron chi connectivity index (χ3n) is 10.5. The molecule has 8 rings (SSSR count). The summed E-state index contributed by atoms with van der Waals surface area (Å²) in [6.45, 7) is 5.71. The van der Waals surface area contributed by atoms with Gasteiger partial charge in [0.15, 0.2) is 5.60 Å². The van der Waals surface area contributed by atoms with Gasteiger partial charge in [0.2, 0.25) is 0 Å². The van der Waals surface area contributed by atoms with E-state index in [2.05, 4.69) is 10.3 Å². The number of fused-ring (bicyclic) bond motifs is 2. The van der Waals surface area contributed by atoms with E-state index < -0.39 is 29.2 Å². The van der Waals surface area contributed by atoms with Crippen molar-refractivity contribution in [2.75, 3.05) is 16.4 Å². The number of aromatic nitrogens is 3. The number of hydrogen-bond acceptors (Lipinski definition) is 6. The average molecular weight is 660 g/mol. The molecule has 2 amide bonds. The Balaban J connectivity index is 1.23. The average Bonchev–Trinajstić information content (AvgIpc) is 3.80. The van der Waals surface area contributed by atoms with Crippen molar-refractivity contribution in [3.05, 3.63) is 114 Å². The van der Waals surface area contributed by atoms with Gasteiger partial charge in [-0.15, -0.1) is 5.10 Å². The van der Waals surface area contributed by atoms with Crippen molar-refractivity contribution in [3.8, 4) is 0 Å². The summed E-state index contributed by atoms with van der Waals surface area (Å²) < 4.78 is 25.0. The lowest BCUT2D eigenvalue weighted by Gasteiger charge is -2.32. The fourth-order valence-corrected chi connectivity index (χ4v) is 8.48. The number of halogens is 1. The van der Waals surface area contributed by atoms with Crippen LogP contribution in [0.4, 0.5) is 21.5 Å². The lowest BCUT2D eigenvalue weighted by atomic mass is 9.71. The van der Waals surface area contributed by atoms with Gasteiger partial charge in [-0.3, -0.25) is 19.2 Å². The van der Waals surface area contributed by atoms with E-state index in [1.165, 1.54) is 0 Å². The van der Waals surface area contributed by atoms with Crippen molar-refractivity contribution in [2.24, 2.45) is 11.8 Å². The Morgan fingerprint density at radius 2 is 1.76 bits per heavy atom. The van der Waals surface area contributed by atoms with Crippen LogP contribution in [0.3, 0.4) is 0 Å². The van der Waals surface area contributed by atoms with E-state index >= 15 is 4.39 Å². The van der Waals surface area contributed by atoms with Crippen LogP contribution >= 0.6 is 0 Å². The molecule has 4 heterocycles. The first-order chi connectivity index (χ1) is 23.6. The third kappa shape index (κ3) is 4.88. The highest BCUT2D eigenvalue weighted by Gasteiger charge is 2.66. The van der Waals surface area contributed by atoms with Crippen molar-refractivity contribution in [1.82, 2.24) is 15.0 Å². The maximum Gasteiger partial charge on any atom is 0.264 e. The molecule has 0 saturated carbocycles. The van der Waals surface area contributed by atoms with Crippen LogP contribution < -0.4 is 9.80 Å². The summed E-state index contributed by atoms with van der Waals surface area (Å²) in [7, 11) is 0. The predicted molar refractivity (Wildman–Crippen MR) is 184 cm³/mol. The van der Waals surface area contributed by atoms with Crippen LogP contribution in [0.5, 0.6) is 0 Å². The van der Waals surface area contributed by atoms with Gasteiger partial charge in [-0.05, 0) is 61.5 Å². The van der Waals surface area contributed by atoms with Crippen molar-refractivity contribution >= 4 is 39.6 Å². The number of aliphatic hydroxyl groups excluding tert-OH is 1. The first kappa shape index (κ1) is 31.3. The smallest absolute Gasteiger partial charge is 0.264 e. The van der Waals surface area contributed by atoms with Crippen molar-refractivity contribution in [2.45, 2.75) is 64.1 Å². The summed E-state index contributed by atoms with van der Waals surface area (Å²) in [5.41, 5.74) is 1.82. The second kappa shape index (κ2) is 11.6. The number of carbonyl (C=O) groups excluding carboxylic acids is 2. The number of benzene rings is 4. The van der Waals surface area contributed by atoms with E-state index in [9.17, 15) is 14.7 Å². The number of ether oxygens (including phenoxy) is 1. The summed E-state index contributed by atoms with van der Waals surface area (Å²) >= 11 is 0. The molecule has 1 spiro atoms. The highest BCUT2D eigenvalue weighted by Crippen LogP contribution is 2.59. The monoisotopic (exact) mass is 659 g/mol. The Morgan fingerprint density at radius 1 is 0.980 bits per heavy atom. The predicted octanol–water partition coefficient (Wildman–Crippen LogP) is 6.49. The zero-order valence-electron chi connectivity index (χ0n) is 27.7. The van der Waals surface area contributed by atoms with Gasteiger partial charge >= 0.3 is 0 Å². The first-order valence-electron chi connectivity index (χ1n) is 16.8. The molecule has 4 atom stereocenters. The Kier molecular flexibility index (Phi) is 7.42. The van der Waals surface area contributed by atoms with Gasteiger partial charge in [0.1, 0.15) is 5.67 Å². The van der Waals surface area contributed by atoms with Gasteiger partial charge in [-0.2, -0.15) is 0 Å². The SMILES string of the molecule is C[C@H]1[C@H](C(C)(C)F)[C@@H](CCn2cc(CCO)nn2)O[C@]12C(=O)N(Cc1ccccc1)c1ccc(N3C(=O)c4cccc5cccc3c45)cc12. The highest BCUT2D eigenvalue weighted by molar-refractivity contribution is 6.28. The highest BCUT2D eigenvalue weighted by atomic mass is 19.1. The van der Waals surface area contributed by atoms with Crippen molar-refractivity contribution in [1.29, 1.82) is 0 Å². The fourth-order valence-electron chi connectivity index (χ4n) is 8.48. The number of hydrogen-bond donors (Lipinski definition) is 1. The number of aryl methyl sites for hydroxylation is 1. The number of carbonyl (C=O) groups is 2. The number of amides is 2. The van der Waals surface area contributed by atoms with Gasteiger partial charge < -0.3 is 14.7 Å². The van der Waals surface area contributed by atoms with Gasteiger partial charge in [-0.25, -0.2) is 4.39 Å². The molecule has 250 valence electrons. The molecule has 3 aliphatic rings. The summed E-state index contributed by atoms with van der Waals surface area (Å²) in [4.78, 5) is 32.4. The van der Waals surface area contributed by atoms with E-state index in [1.807, 2.05) is 91.9 Å². The minimum Gasteiger partial charge on any atom is -0.396 e. The lowest BCUT2D eigenvalue weighted by Crippen LogP contribution is -2.45. The van der Waals surface area contributed by atoms with Crippen molar-refractivity contribution < 1.29 is 23.8 Å². The van der Waals surface area contributed by atoms with E-state index in [1.54, 1.807) is 34.5 Å². The Morgan fingerprint density at radius 3 is 2.51 bits per heavy atom. The maximum atomic E-state index is 16.3. The number of alkyl halides is 1. The standard InChI is InChI=1S/C39H38FN5O4/c1-24-35(38(2,3)40)33(17-19-43-23-27(18-20-46)41-42-43)49-39(24)30-21-28(15-16-31(30)44(37(39)48)22-25-9-5-4-6-10-25)45-32-14-8-12-26-11-7-13-29(34(26)32)36(45)47/h4-16,21,23-24,33,35,46H,17-20,22H2,1-3H3/t24-,33+,35-,39+/m0/s1. The van der Waals surface area contributed by atoms with Crippen molar-refractivity contribution in [3.63, 3.8) is 0 Å². The molecular formula is C39H38FN5O4. The maximum absolute atomic E-state index is 16.3. The van der Waals surface area contributed by atoms with Gasteiger partial charge in [-0.1, -0.05) is 66.7 Å². The molecule has 1 saturated heterocycles. The Labute approximate surface area is 283 Å². The number of anilines is 3. The van der Waals surface area contributed by atoms with Gasteiger partial charge in [0.05, 0.1) is 35.3 Å². The molecule has 9 nitrogen and oxygen atoms in total. The molecule has 4 aromatic carbocycles. The van der Waals surface area contributed by atoms with E-state index in [4.69, 9.17) is 4.74 Å². The summed E-state index contributed by atoms with van der Waals surface area (Å²) in [5.74, 6) is -1.55. The Hall–Kier alpha value is -4.93. The second-order valence-corrected chi connectivity index (χ2v) is 13.9. The molecule has 1 fully saturated rings. The van der Waals surface area contributed by atoms with E-state index in [0.29, 0.717) is 54.1 Å². The molecule has 49 heavy (non-hydrogen) atoms. The molecule has 0 bridgehead atoms. The summed E-state index contributed by atoms with van der Waals surface area (Å²) in [6.07, 6.45) is 1.94. The minimum absolute atomic E-state index is 0.0319.